The van der Waals surface area contributed by atoms with Gasteiger partial charge in [-0.3, -0.25) is 9.59 Å². The molecule has 0 aliphatic heterocycles. The molecule has 2 fully saturated rings. The van der Waals surface area contributed by atoms with Crippen LogP contribution in [0.1, 0.15) is 0 Å². The van der Waals surface area contributed by atoms with E-state index >= 15 is 0 Å². The number of aliphatic carboxylic acids is 2. The number of aliphatic hydroxyl groups excluding tert-OH is 1. The van der Waals surface area contributed by atoms with Gasteiger partial charge >= 0.3 is 11.9 Å². The first-order valence-corrected chi connectivity index (χ1v) is 7.98. The van der Waals surface area contributed by atoms with Crippen LogP contribution in [0.5, 0.6) is 0 Å². The van der Waals surface area contributed by atoms with E-state index in [-0.39, 0.29) is 0 Å². The van der Waals surface area contributed by atoms with Gasteiger partial charge < -0.3 is 21.1 Å². The fourth-order valence-electron chi connectivity index (χ4n) is 3.73. The molecule has 0 bridgehead atoms. The maximum Gasteiger partial charge on any atom is 0.324 e. The molecule has 5 N–H and O–H groups in total. The molecule has 1 aromatic rings. The number of carbonyl (C=O) groups is 2. The number of carboxylic acids is 2. The van der Waals surface area contributed by atoms with Crippen molar-refractivity contribution in [3.8, 4) is 0 Å². The quantitative estimate of drug-likeness (QED) is 0.582. The number of rotatable bonds is 5. The molecule has 0 saturated heterocycles. The molecule has 0 unspecified atom stereocenters. The second kappa shape index (κ2) is 5.26. The SMILES string of the molecule is N[C@]1(C(=O)O)[C@@H]2[C@@H](C(=O)O)[C@@H]2[C@@H](O)[C@H]1CSc1ccccc1. The molecule has 0 amide bonds. The zero-order valence-electron chi connectivity index (χ0n) is 11.6. The van der Waals surface area contributed by atoms with Crippen molar-refractivity contribution < 1.29 is 24.9 Å². The van der Waals surface area contributed by atoms with E-state index in [0.29, 0.717) is 5.75 Å². The van der Waals surface area contributed by atoms with Gasteiger partial charge in [0.15, 0.2) is 0 Å². The molecule has 2 aliphatic carbocycles. The monoisotopic (exact) mass is 323 g/mol. The van der Waals surface area contributed by atoms with Crippen molar-refractivity contribution in [2.24, 2.45) is 29.4 Å². The highest BCUT2D eigenvalue weighted by Crippen LogP contribution is 2.64. The smallest absolute Gasteiger partial charge is 0.324 e. The highest BCUT2D eigenvalue weighted by molar-refractivity contribution is 7.99. The molecule has 22 heavy (non-hydrogen) atoms. The van der Waals surface area contributed by atoms with Crippen molar-refractivity contribution in [1.29, 1.82) is 0 Å². The molecule has 3 rings (SSSR count). The molecule has 0 aromatic heterocycles. The van der Waals surface area contributed by atoms with E-state index in [1.165, 1.54) is 11.8 Å². The van der Waals surface area contributed by atoms with Gasteiger partial charge in [0.1, 0.15) is 5.54 Å². The second-order valence-electron chi connectivity index (χ2n) is 5.93. The lowest BCUT2D eigenvalue weighted by Crippen LogP contribution is -2.58. The van der Waals surface area contributed by atoms with E-state index in [1.807, 2.05) is 30.3 Å². The zero-order chi connectivity index (χ0) is 16.1. The van der Waals surface area contributed by atoms with Crippen LogP contribution in [0.4, 0.5) is 0 Å². The molecule has 0 heterocycles. The first kappa shape index (κ1) is 15.3. The predicted octanol–water partition coefficient (Wildman–Crippen LogP) is 0.498. The first-order chi connectivity index (χ1) is 10.4. The van der Waals surface area contributed by atoms with Crippen LogP contribution in [0.25, 0.3) is 0 Å². The predicted molar refractivity (Wildman–Crippen MR) is 79.3 cm³/mol. The summed E-state index contributed by atoms with van der Waals surface area (Å²) < 4.78 is 0. The lowest BCUT2D eigenvalue weighted by Gasteiger charge is -2.32. The number of thioether (sulfide) groups is 1. The van der Waals surface area contributed by atoms with E-state index in [0.717, 1.165) is 4.90 Å². The molecular formula is C15H17NO5S. The summed E-state index contributed by atoms with van der Waals surface area (Å²) in [6.07, 6.45) is -0.997. The van der Waals surface area contributed by atoms with Crippen LogP contribution in [0.15, 0.2) is 35.2 Å². The first-order valence-electron chi connectivity index (χ1n) is 7.00. The fraction of sp³-hybridized carbons (Fsp3) is 0.467. The summed E-state index contributed by atoms with van der Waals surface area (Å²) in [6.45, 7) is 0. The molecule has 118 valence electrons. The van der Waals surface area contributed by atoms with Gasteiger partial charge in [0, 0.05) is 28.4 Å². The number of fused-ring (bicyclic) bond motifs is 1. The number of carboxylic acid groups (broad SMARTS) is 2. The number of aliphatic hydroxyl groups is 1. The van der Waals surface area contributed by atoms with Crippen LogP contribution in [0.2, 0.25) is 0 Å². The Labute approximate surface area is 131 Å². The van der Waals surface area contributed by atoms with Gasteiger partial charge in [0.05, 0.1) is 12.0 Å². The average molecular weight is 323 g/mol. The van der Waals surface area contributed by atoms with Crippen molar-refractivity contribution in [2.75, 3.05) is 5.75 Å². The van der Waals surface area contributed by atoms with Gasteiger partial charge in [0.2, 0.25) is 0 Å². The van der Waals surface area contributed by atoms with E-state index in [1.54, 1.807) is 0 Å². The van der Waals surface area contributed by atoms with Gasteiger partial charge in [-0.25, -0.2) is 0 Å². The number of benzene rings is 1. The van der Waals surface area contributed by atoms with Crippen LogP contribution in [-0.4, -0.2) is 44.7 Å². The topological polar surface area (TPSA) is 121 Å². The largest absolute Gasteiger partial charge is 0.481 e. The highest BCUT2D eigenvalue weighted by Gasteiger charge is 2.77. The molecule has 6 nitrogen and oxygen atoms in total. The van der Waals surface area contributed by atoms with Gasteiger partial charge in [-0.2, -0.15) is 0 Å². The Hall–Kier alpha value is -1.57. The van der Waals surface area contributed by atoms with Gasteiger partial charge in [-0.1, -0.05) is 18.2 Å². The third-order valence-corrected chi connectivity index (χ3v) is 6.01. The van der Waals surface area contributed by atoms with Gasteiger partial charge in [-0.05, 0) is 12.1 Å². The number of hydrogen-bond donors (Lipinski definition) is 4. The Bertz CT molecular complexity index is 609. The van der Waals surface area contributed by atoms with Crippen LogP contribution < -0.4 is 5.73 Å². The third-order valence-electron chi connectivity index (χ3n) is 4.88. The minimum atomic E-state index is -1.69. The fourth-order valence-corrected chi connectivity index (χ4v) is 4.93. The standard InChI is InChI=1S/C15H17NO5S/c16-15(14(20)21)8(6-22-7-4-2-1-3-5-7)12(17)9-10(11(9)15)13(18)19/h1-5,8-12,17H,6,16H2,(H,18,19)(H,20,21)/t8-,9+,10+,11+,12+,15+/m1/s1. The summed E-state index contributed by atoms with van der Waals surface area (Å²) in [4.78, 5) is 23.8. The normalized spacial score (nSPS) is 39.3. The van der Waals surface area contributed by atoms with Crippen LogP contribution in [-0.2, 0) is 9.59 Å². The average Bonchev–Trinajstić information content (AvgIpc) is 3.19. The molecule has 2 aliphatic rings. The Morgan fingerprint density at radius 3 is 2.41 bits per heavy atom. The summed E-state index contributed by atoms with van der Waals surface area (Å²) in [5.74, 6) is -4.75. The molecular weight excluding hydrogens is 306 g/mol. The van der Waals surface area contributed by atoms with Gasteiger partial charge in [-0.15, -0.1) is 11.8 Å². The van der Waals surface area contributed by atoms with Crippen LogP contribution >= 0.6 is 11.8 Å². The Morgan fingerprint density at radius 2 is 1.86 bits per heavy atom. The van der Waals surface area contributed by atoms with Crippen molar-refractivity contribution in [3.05, 3.63) is 30.3 Å². The summed E-state index contributed by atoms with van der Waals surface area (Å²) in [7, 11) is 0. The van der Waals surface area contributed by atoms with Crippen LogP contribution in [0.3, 0.4) is 0 Å². The van der Waals surface area contributed by atoms with E-state index in [9.17, 15) is 19.8 Å². The third kappa shape index (κ3) is 2.12. The minimum Gasteiger partial charge on any atom is -0.481 e. The maximum absolute atomic E-state index is 11.7. The zero-order valence-corrected chi connectivity index (χ0v) is 12.4. The van der Waals surface area contributed by atoms with Crippen molar-refractivity contribution in [2.45, 2.75) is 16.5 Å². The minimum absolute atomic E-state index is 0.341. The van der Waals surface area contributed by atoms with E-state index in [4.69, 9.17) is 10.8 Å². The van der Waals surface area contributed by atoms with Gasteiger partial charge in [0.25, 0.3) is 0 Å². The Balaban J connectivity index is 1.79. The summed E-state index contributed by atoms with van der Waals surface area (Å²) in [5, 5.41) is 29.0. The number of hydrogen-bond acceptors (Lipinski definition) is 5. The molecule has 2 saturated carbocycles. The van der Waals surface area contributed by atoms with Crippen LogP contribution in [0, 0.1) is 23.7 Å². The Morgan fingerprint density at radius 1 is 1.23 bits per heavy atom. The maximum atomic E-state index is 11.7. The molecule has 0 spiro atoms. The number of nitrogens with two attached hydrogens (primary N) is 1. The van der Waals surface area contributed by atoms with E-state index in [2.05, 4.69) is 0 Å². The Kier molecular flexibility index (Phi) is 3.66. The summed E-state index contributed by atoms with van der Waals surface area (Å²) >= 11 is 1.42. The lowest BCUT2D eigenvalue weighted by molar-refractivity contribution is -0.148. The summed E-state index contributed by atoms with van der Waals surface area (Å²) in [5.41, 5.74) is 4.39. The van der Waals surface area contributed by atoms with Crippen molar-refractivity contribution in [1.82, 2.24) is 0 Å². The van der Waals surface area contributed by atoms with E-state index < -0.39 is 47.3 Å². The summed E-state index contributed by atoms with van der Waals surface area (Å²) in [6, 6.07) is 9.42. The molecule has 6 atom stereocenters. The molecule has 1 aromatic carbocycles. The molecule has 0 radical (unpaired) electrons. The lowest BCUT2D eigenvalue weighted by atomic mass is 9.81. The highest BCUT2D eigenvalue weighted by atomic mass is 32.2. The van der Waals surface area contributed by atoms with Crippen molar-refractivity contribution in [3.63, 3.8) is 0 Å². The second-order valence-corrected chi connectivity index (χ2v) is 7.02. The molecule has 7 heteroatoms. The van der Waals surface area contributed by atoms with Crippen molar-refractivity contribution >= 4 is 23.7 Å².